The molecule has 27 nitrogen and oxygen atoms in total. The zero-order valence-electron chi connectivity index (χ0n) is 35.8. The van der Waals surface area contributed by atoms with E-state index in [4.69, 9.17) is 61.3 Å². The van der Waals surface area contributed by atoms with Gasteiger partial charge in [0.1, 0.15) is 25.2 Å². The second-order valence-electron chi connectivity index (χ2n) is 15.6. The van der Waals surface area contributed by atoms with Gasteiger partial charge in [-0.05, 0) is 0 Å². The van der Waals surface area contributed by atoms with Crippen LogP contribution in [0.4, 0.5) is 0 Å². The standard InChI is InChI=1S/3C6H8O7.3C5H14NO.2Fe/c3*7-3(8)1-6(13,5(11)12)2-4(9)10;3*1-6(2,3)4-5-7;;/h3*13H,1-2H2,(H,7,8)(H,9,10)(H,11,12);3*7H,4-5H2,1-3H3;;/q;;;3*+1;;/p-3. The molecule has 0 aromatic carbocycles. The summed E-state index contributed by atoms with van der Waals surface area (Å²) in [5.74, 6) is -16.0. The predicted octanol–water partition coefficient (Wildman–Crippen LogP) is -8.70. The number of carbonyl (C=O) groups excluding carboxylic acids is 3. The molecular weight excluding hydrogens is 934 g/mol. The largest absolute Gasteiger partial charge is 0.550 e. The zero-order chi connectivity index (χ0) is 49.7. The number of hydrogen-bond acceptors (Lipinski definition) is 18. The first-order chi connectivity index (χ1) is 26.5. The SMILES string of the molecule is C[N+](C)(C)CCO.C[N+](C)(C)CCO.C[N+](C)(C)CCO.O=C(O)CC(O)(CC(=O)O)C(=O)[O-].O=C([O-])CC(O)(CC(=O)O)C(=O)O.O=C([O-])CC(O)(CC(=O)O)C(=O)O.[Fe].[Fe]. The first kappa shape index (κ1) is 75.3. The second kappa shape index (κ2) is 35.4. The summed E-state index contributed by atoms with van der Waals surface area (Å²) in [4.78, 5) is 91.0. The van der Waals surface area contributed by atoms with E-state index in [1.54, 1.807) is 0 Å². The number of aliphatic hydroxyl groups is 6. The van der Waals surface area contributed by atoms with E-state index in [-0.39, 0.29) is 54.0 Å². The minimum atomic E-state index is -2.85. The maximum absolute atomic E-state index is 10.3. The third kappa shape index (κ3) is 53.9. The molecule has 0 amide bonds. The van der Waals surface area contributed by atoms with Crippen LogP contribution in [0.3, 0.4) is 0 Å². The quantitative estimate of drug-likeness (QED) is 0.0375. The van der Waals surface area contributed by atoms with Crippen molar-refractivity contribution in [2.24, 2.45) is 0 Å². The van der Waals surface area contributed by atoms with Crippen LogP contribution >= 0.6 is 0 Å². The van der Waals surface area contributed by atoms with Crippen LogP contribution in [0.25, 0.3) is 0 Å². The normalized spacial score (nSPS) is 12.4. The van der Waals surface area contributed by atoms with Gasteiger partial charge in [0.25, 0.3) is 0 Å². The molecule has 0 radical (unpaired) electrons. The maximum atomic E-state index is 10.3. The number of hydrogen-bond donors (Lipinski definition) is 12. The van der Waals surface area contributed by atoms with Gasteiger partial charge in [0.05, 0.1) is 115 Å². The van der Waals surface area contributed by atoms with Crippen LogP contribution in [0.5, 0.6) is 0 Å². The Morgan fingerprint density at radius 3 is 0.645 bits per heavy atom. The summed E-state index contributed by atoms with van der Waals surface area (Å²) >= 11 is 0. The number of rotatable bonds is 21. The number of quaternary nitrogens is 3. The number of carboxylic acid groups (broad SMARTS) is 9. The number of carboxylic acids is 9. The Kier molecular flexibility index (Phi) is 43.0. The van der Waals surface area contributed by atoms with Crippen molar-refractivity contribution in [1.82, 2.24) is 0 Å². The average Bonchev–Trinajstić information content (AvgIpc) is 2.94. The van der Waals surface area contributed by atoms with Gasteiger partial charge in [-0.2, -0.15) is 0 Å². The van der Waals surface area contributed by atoms with E-state index in [1.165, 1.54) is 0 Å². The number of likely N-dealkylation sites (N-methyl/N-ethyl adjacent to an activating group) is 3. The molecule has 0 aliphatic rings. The second-order valence-corrected chi connectivity index (χ2v) is 15.6. The van der Waals surface area contributed by atoms with Crippen LogP contribution in [-0.2, 0) is 77.3 Å². The Balaban J connectivity index is -0.0000000956. The summed E-state index contributed by atoms with van der Waals surface area (Å²) in [6, 6.07) is 0. The fourth-order valence-corrected chi connectivity index (χ4v) is 3.01. The van der Waals surface area contributed by atoms with Crippen molar-refractivity contribution >= 4 is 53.7 Å². The van der Waals surface area contributed by atoms with Crippen molar-refractivity contribution in [2.45, 2.75) is 55.3 Å². The fraction of sp³-hybridized carbons (Fsp3) is 0.727. The summed E-state index contributed by atoms with van der Waals surface area (Å²) in [5, 5.41) is 132. The Bertz CT molecular complexity index is 1170. The first-order valence-electron chi connectivity index (χ1n) is 16.9. The van der Waals surface area contributed by atoms with E-state index in [1.807, 2.05) is 0 Å². The molecular formula is C33H63Fe2N3O24. The molecule has 0 aromatic heterocycles. The Morgan fingerprint density at radius 1 is 0.387 bits per heavy atom. The van der Waals surface area contributed by atoms with Crippen LogP contribution in [-0.4, -0.2) is 248 Å². The Labute approximate surface area is 378 Å². The van der Waals surface area contributed by atoms with Crippen molar-refractivity contribution < 1.29 is 167 Å². The topological polar surface area (TPSA) is 466 Å². The average molecular weight is 998 g/mol. The van der Waals surface area contributed by atoms with Crippen LogP contribution in [0.1, 0.15) is 38.5 Å². The Hall–Kier alpha value is -4.09. The van der Waals surface area contributed by atoms with Gasteiger partial charge in [-0.15, -0.1) is 0 Å². The minimum Gasteiger partial charge on any atom is -0.550 e. The van der Waals surface area contributed by atoms with Gasteiger partial charge < -0.3 is 104 Å². The maximum Gasteiger partial charge on any atom is 0.336 e. The zero-order valence-corrected chi connectivity index (χ0v) is 38.0. The van der Waals surface area contributed by atoms with Crippen molar-refractivity contribution in [1.29, 1.82) is 0 Å². The van der Waals surface area contributed by atoms with Gasteiger partial charge in [-0.1, -0.05) is 0 Å². The molecule has 2 atom stereocenters. The molecule has 2 unspecified atom stereocenters. The van der Waals surface area contributed by atoms with E-state index in [0.717, 1.165) is 33.1 Å². The number of aliphatic carboxylic acids is 9. The molecule has 0 spiro atoms. The summed E-state index contributed by atoms with van der Waals surface area (Å²) in [6.45, 7) is 3.34. The van der Waals surface area contributed by atoms with Gasteiger partial charge in [0.15, 0.2) is 11.2 Å². The molecule has 0 saturated carbocycles. The molecule has 29 heteroatoms. The molecule has 0 aliphatic heterocycles. The van der Waals surface area contributed by atoms with Crippen molar-refractivity contribution in [3.63, 3.8) is 0 Å². The third-order valence-corrected chi connectivity index (χ3v) is 6.14. The molecule has 0 heterocycles. The third-order valence-electron chi connectivity index (χ3n) is 6.14. The molecule has 12 N–H and O–H groups in total. The van der Waals surface area contributed by atoms with Gasteiger partial charge in [-0.3, -0.25) is 19.2 Å². The number of aliphatic hydroxyl groups excluding tert-OH is 3. The molecule has 0 aliphatic carbocycles. The number of carbonyl (C=O) groups is 9. The smallest absolute Gasteiger partial charge is 0.336 e. The van der Waals surface area contributed by atoms with E-state index < -0.39 is 109 Å². The van der Waals surface area contributed by atoms with Gasteiger partial charge >= 0.3 is 35.8 Å². The van der Waals surface area contributed by atoms with E-state index in [9.17, 15) is 58.5 Å². The van der Waals surface area contributed by atoms with Gasteiger partial charge in [0, 0.05) is 58.9 Å². The van der Waals surface area contributed by atoms with Gasteiger partial charge in [-0.25, -0.2) is 9.59 Å². The summed E-state index contributed by atoms with van der Waals surface area (Å²) in [5.41, 5.74) is -8.45. The summed E-state index contributed by atoms with van der Waals surface area (Å²) < 4.78 is 2.53. The van der Waals surface area contributed by atoms with Crippen molar-refractivity contribution in [2.75, 3.05) is 103 Å². The summed E-state index contributed by atoms with van der Waals surface area (Å²) in [7, 11) is 18.5. The predicted molar refractivity (Wildman–Crippen MR) is 193 cm³/mol. The minimum absolute atomic E-state index is 0. The molecule has 0 bridgehead atoms. The van der Waals surface area contributed by atoms with Crippen LogP contribution < -0.4 is 15.3 Å². The first-order valence-corrected chi connectivity index (χ1v) is 16.9. The molecule has 0 rings (SSSR count). The van der Waals surface area contributed by atoms with E-state index in [0.29, 0.717) is 0 Å². The number of nitrogens with zero attached hydrogens (tertiary/aromatic N) is 3. The Morgan fingerprint density at radius 2 is 0.565 bits per heavy atom. The fourth-order valence-electron chi connectivity index (χ4n) is 3.01. The van der Waals surface area contributed by atoms with Crippen molar-refractivity contribution in [3.05, 3.63) is 0 Å². The molecule has 62 heavy (non-hydrogen) atoms. The van der Waals surface area contributed by atoms with Crippen LogP contribution in [0, 0.1) is 0 Å². The van der Waals surface area contributed by atoms with Gasteiger partial charge in [0.2, 0.25) is 0 Å². The molecule has 0 fully saturated rings. The monoisotopic (exact) mass is 997 g/mol. The van der Waals surface area contributed by atoms with Crippen molar-refractivity contribution in [3.8, 4) is 0 Å². The molecule has 0 aromatic rings. The van der Waals surface area contributed by atoms with Crippen LogP contribution in [0.15, 0.2) is 0 Å². The summed E-state index contributed by atoms with van der Waals surface area (Å²) in [6.07, 6.45) is -7.29. The molecule has 0 saturated heterocycles. The van der Waals surface area contributed by atoms with E-state index in [2.05, 4.69) is 63.4 Å². The van der Waals surface area contributed by atoms with Crippen LogP contribution in [0.2, 0.25) is 0 Å². The van der Waals surface area contributed by atoms with E-state index >= 15 is 0 Å². The molecule has 370 valence electrons.